The molecule has 1 aliphatic carbocycles. The van der Waals surface area contributed by atoms with E-state index in [1.54, 1.807) is 13.3 Å². The first kappa shape index (κ1) is 29.2. The highest BCUT2D eigenvalue weighted by Gasteiger charge is 2.28. The number of anilines is 5. The van der Waals surface area contributed by atoms with Gasteiger partial charge in [-0.25, -0.2) is 4.98 Å². The van der Waals surface area contributed by atoms with Gasteiger partial charge in [-0.1, -0.05) is 12.1 Å². The average Bonchev–Trinajstić information content (AvgIpc) is 3.00. The van der Waals surface area contributed by atoms with Crippen LogP contribution in [0, 0.1) is 6.92 Å². The van der Waals surface area contributed by atoms with Crippen LogP contribution in [0.3, 0.4) is 0 Å². The van der Waals surface area contributed by atoms with Gasteiger partial charge >= 0.3 is 0 Å². The first-order chi connectivity index (χ1) is 20.4. The summed E-state index contributed by atoms with van der Waals surface area (Å²) < 4.78 is 6.64. The largest absolute Gasteiger partial charge is 0.495 e. The van der Waals surface area contributed by atoms with Crippen molar-refractivity contribution in [3.8, 4) is 5.75 Å². The molecule has 0 spiro atoms. The molecular weight excluding hydrogens is 594 g/mol. The number of aryl methyl sites for hydroxylation is 2. The zero-order valence-electron chi connectivity index (χ0n) is 24.9. The predicted molar refractivity (Wildman–Crippen MR) is 173 cm³/mol. The molecule has 0 bridgehead atoms. The molecule has 9 nitrogen and oxygen atoms in total. The Morgan fingerprint density at radius 3 is 2.55 bits per heavy atom. The highest BCUT2D eigenvalue weighted by Crippen LogP contribution is 2.39. The van der Waals surface area contributed by atoms with Crippen molar-refractivity contribution in [1.82, 2.24) is 19.8 Å². The van der Waals surface area contributed by atoms with Crippen LogP contribution >= 0.6 is 15.9 Å². The van der Waals surface area contributed by atoms with Crippen LogP contribution in [0.15, 0.2) is 41.0 Å². The monoisotopic (exact) mass is 635 g/mol. The van der Waals surface area contributed by atoms with Crippen LogP contribution in [0.4, 0.5) is 28.8 Å². The van der Waals surface area contributed by atoms with Crippen molar-refractivity contribution in [3.05, 3.63) is 57.7 Å². The van der Waals surface area contributed by atoms with Crippen molar-refractivity contribution in [2.45, 2.75) is 51.2 Å². The number of methoxy groups -OCH3 is 1. The molecular formula is C32H42BrN7O2. The SMILES string of the molecule is COc1cc(Nc2ncc(Br)c(Nc3cccc4c3C(O)CCC4)n2)c(C)cc1N1CCC(N2CCN(C)CC2)CC1. The molecule has 1 unspecified atom stereocenters. The summed E-state index contributed by atoms with van der Waals surface area (Å²) in [5.41, 5.74) is 6.19. The molecule has 1 atom stereocenters. The molecule has 6 rings (SSSR count). The minimum Gasteiger partial charge on any atom is -0.495 e. The number of nitrogens with one attached hydrogen (secondary N) is 2. The lowest BCUT2D eigenvalue weighted by atomic mass is 9.88. The Balaban J connectivity index is 1.17. The number of hydrogen-bond donors (Lipinski definition) is 3. The number of aromatic nitrogens is 2. The van der Waals surface area contributed by atoms with Crippen LogP contribution in [0.2, 0.25) is 0 Å². The van der Waals surface area contributed by atoms with Gasteiger partial charge < -0.3 is 30.3 Å². The van der Waals surface area contributed by atoms with Gasteiger partial charge in [0, 0.05) is 74.5 Å². The number of fused-ring (bicyclic) bond motifs is 1. The number of halogens is 1. The second kappa shape index (κ2) is 12.8. The fourth-order valence-corrected chi connectivity index (χ4v) is 6.89. The molecule has 3 N–H and O–H groups in total. The van der Waals surface area contributed by atoms with Gasteiger partial charge in [-0.2, -0.15) is 4.98 Å². The Morgan fingerprint density at radius 2 is 1.79 bits per heavy atom. The molecule has 224 valence electrons. The number of ether oxygens (including phenoxy) is 1. The van der Waals surface area contributed by atoms with E-state index in [0.717, 1.165) is 70.8 Å². The zero-order valence-corrected chi connectivity index (χ0v) is 26.5. The Hall–Kier alpha value is -2.92. The summed E-state index contributed by atoms with van der Waals surface area (Å²) in [7, 11) is 3.95. The van der Waals surface area contributed by atoms with Crippen molar-refractivity contribution in [2.75, 3.05) is 69.0 Å². The molecule has 2 fully saturated rings. The Kier molecular flexibility index (Phi) is 8.85. The summed E-state index contributed by atoms with van der Waals surface area (Å²) >= 11 is 3.60. The van der Waals surface area contributed by atoms with Crippen molar-refractivity contribution in [3.63, 3.8) is 0 Å². The Bertz CT molecular complexity index is 1400. The van der Waals surface area contributed by atoms with Gasteiger partial charge in [-0.15, -0.1) is 0 Å². The fraction of sp³-hybridized carbons (Fsp3) is 0.500. The number of nitrogens with zero attached hydrogens (tertiary/aromatic N) is 5. The highest BCUT2D eigenvalue weighted by atomic mass is 79.9. The van der Waals surface area contributed by atoms with Crippen LogP contribution in [0.5, 0.6) is 5.75 Å². The van der Waals surface area contributed by atoms with E-state index in [0.29, 0.717) is 17.8 Å². The normalized spacial score (nSPS) is 20.3. The summed E-state index contributed by atoms with van der Waals surface area (Å²) in [5, 5.41) is 17.6. The number of aliphatic hydroxyl groups is 1. The molecule has 42 heavy (non-hydrogen) atoms. The molecule has 0 radical (unpaired) electrons. The van der Waals surface area contributed by atoms with E-state index in [9.17, 15) is 5.11 Å². The maximum atomic E-state index is 10.7. The van der Waals surface area contributed by atoms with E-state index in [2.05, 4.69) is 78.4 Å². The first-order valence-corrected chi connectivity index (χ1v) is 15.9. The van der Waals surface area contributed by atoms with Gasteiger partial charge in [-0.05, 0) is 85.3 Å². The standard InChI is InChI=1S/C32H42BrN7O2/c1-21-18-27(40-12-10-23(11-13-40)39-16-14-38(2)15-17-39)29(42-3)19-26(21)36-32-34-20-24(33)31(37-32)35-25-8-4-6-22-7-5-9-28(41)30(22)25/h4,6,8,18-20,23,28,41H,5,7,9-17H2,1-3H3,(H2,34,35,36,37). The Morgan fingerprint density at radius 1 is 1.00 bits per heavy atom. The van der Waals surface area contributed by atoms with E-state index in [4.69, 9.17) is 9.72 Å². The molecule has 3 aromatic rings. The summed E-state index contributed by atoms with van der Waals surface area (Å²) in [5.74, 6) is 1.97. The van der Waals surface area contributed by atoms with Gasteiger partial charge in [0.2, 0.25) is 5.95 Å². The van der Waals surface area contributed by atoms with E-state index >= 15 is 0 Å². The van der Waals surface area contributed by atoms with Crippen LogP contribution in [0.1, 0.15) is 48.5 Å². The van der Waals surface area contributed by atoms with E-state index in [-0.39, 0.29) is 0 Å². The van der Waals surface area contributed by atoms with Gasteiger partial charge in [0.25, 0.3) is 0 Å². The van der Waals surface area contributed by atoms with E-state index in [1.165, 1.54) is 44.6 Å². The summed E-state index contributed by atoms with van der Waals surface area (Å²) in [6, 6.07) is 11.1. The predicted octanol–water partition coefficient (Wildman–Crippen LogP) is 5.63. The molecule has 2 saturated heterocycles. The van der Waals surface area contributed by atoms with Crippen molar-refractivity contribution < 1.29 is 9.84 Å². The maximum Gasteiger partial charge on any atom is 0.229 e. The van der Waals surface area contributed by atoms with Crippen LogP contribution < -0.4 is 20.3 Å². The number of benzene rings is 2. The van der Waals surface area contributed by atoms with Crippen LogP contribution in [-0.2, 0) is 6.42 Å². The molecule has 2 aliphatic heterocycles. The van der Waals surface area contributed by atoms with Crippen molar-refractivity contribution in [2.24, 2.45) is 0 Å². The second-order valence-corrected chi connectivity index (χ2v) is 12.7. The molecule has 0 amide bonds. The summed E-state index contributed by atoms with van der Waals surface area (Å²) in [4.78, 5) is 16.9. The van der Waals surface area contributed by atoms with Crippen molar-refractivity contribution in [1.29, 1.82) is 0 Å². The molecule has 0 saturated carbocycles. The number of rotatable bonds is 7. The van der Waals surface area contributed by atoms with Crippen LogP contribution in [0.25, 0.3) is 0 Å². The Labute approximate surface area is 257 Å². The third kappa shape index (κ3) is 6.22. The summed E-state index contributed by atoms with van der Waals surface area (Å²) in [6.45, 7) is 8.85. The van der Waals surface area contributed by atoms with Crippen LogP contribution in [-0.4, -0.2) is 84.3 Å². The number of hydrogen-bond acceptors (Lipinski definition) is 9. The number of piperidine rings is 1. The van der Waals surface area contributed by atoms with Gasteiger partial charge in [0.15, 0.2) is 0 Å². The fourth-order valence-electron chi connectivity index (χ4n) is 6.60. The lowest BCUT2D eigenvalue weighted by molar-refractivity contribution is 0.0981. The molecule has 10 heteroatoms. The minimum atomic E-state index is -0.470. The number of piperazine rings is 1. The minimum absolute atomic E-state index is 0.470. The summed E-state index contributed by atoms with van der Waals surface area (Å²) in [6.07, 6.45) is 6.38. The lowest BCUT2D eigenvalue weighted by Crippen LogP contribution is -2.52. The smallest absolute Gasteiger partial charge is 0.229 e. The highest BCUT2D eigenvalue weighted by molar-refractivity contribution is 9.10. The lowest BCUT2D eigenvalue weighted by Gasteiger charge is -2.42. The number of likely N-dealkylation sites (N-methyl/N-ethyl adjacent to an activating group) is 1. The zero-order chi connectivity index (χ0) is 29.2. The molecule has 3 aliphatic rings. The molecule has 3 heterocycles. The molecule has 2 aromatic carbocycles. The average molecular weight is 637 g/mol. The third-order valence-electron chi connectivity index (χ3n) is 9.08. The van der Waals surface area contributed by atoms with Crippen molar-refractivity contribution >= 4 is 44.8 Å². The third-order valence-corrected chi connectivity index (χ3v) is 9.66. The first-order valence-electron chi connectivity index (χ1n) is 15.1. The maximum absolute atomic E-state index is 10.7. The quantitative estimate of drug-likeness (QED) is 0.306. The van der Waals surface area contributed by atoms with E-state index < -0.39 is 6.10 Å². The number of aliphatic hydroxyl groups excluding tert-OH is 1. The van der Waals surface area contributed by atoms with Gasteiger partial charge in [0.05, 0.1) is 23.4 Å². The van der Waals surface area contributed by atoms with Gasteiger partial charge in [0.1, 0.15) is 11.6 Å². The van der Waals surface area contributed by atoms with E-state index in [1.807, 2.05) is 12.1 Å². The van der Waals surface area contributed by atoms with Gasteiger partial charge in [-0.3, -0.25) is 4.90 Å². The topological polar surface area (TPSA) is 89.0 Å². The molecule has 1 aromatic heterocycles. The second-order valence-electron chi connectivity index (χ2n) is 11.8.